The Balaban J connectivity index is 2.23. The molecular weight excluding hydrogens is 290 g/mol. The Hall–Kier alpha value is -0.620. The maximum absolute atomic E-state index is 6.40. The lowest BCUT2D eigenvalue weighted by Gasteiger charge is -2.28. The Morgan fingerprint density at radius 2 is 2.24 bits per heavy atom. The van der Waals surface area contributed by atoms with E-state index in [0.717, 1.165) is 18.7 Å². The fraction of sp³-hybridized carbons (Fsp3) is 0.800. The SMILES string of the molecule is CCCNC(c1c(Cl)cnn1CCOC)C(OC)C1CC1. The normalized spacial score (nSPS) is 17.9. The first-order valence-corrected chi connectivity index (χ1v) is 8.07. The number of hydrogen-bond acceptors (Lipinski definition) is 4. The predicted octanol–water partition coefficient (Wildman–Crippen LogP) is 2.65. The number of nitrogens with one attached hydrogen (secondary N) is 1. The summed E-state index contributed by atoms with van der Waals surface area (Å²) >= 11 is 6.40. The van der Waals surface area contributed by atoms with E-state index in [1.165, 1.54) is 12.8 Å². The number of nitrogens with zero attached hydrogens (tertiary/aromatic N) is 2. The lowest BCUT2D eigenvalue weighted by atomic mass is 10.0. The van der Waals surface area contributed by atoms with Gasteiger partial charge in [0.25, 0.3) is 0 Å². The molecular formula is C15H26ClN3O2. The monoisotopic (exact) mass is 315 g/mol. The van der Waals surface area contributed by atoms with Crippen LogP contribution in [0.3, 0.4) is 0 Å². The molecule has 2 rings (SSSR count). The van der Waals surface area contributed by atoms with Gasteiger partial charge in [-0.3, -0.25) is 4.68 Å². The van der Waals surface area contributed by atoms with Gasteiger partial charge in [-0.05, 0) is 31.7 Å². The van der Waals surface area contributed by atoms with Crippen molar-refractivity contribution in [1.82, 2.24) is 15.1 Å². The van der Waals surface area contributed by atoms with Crippen LogP contribution < -0.4 is 5.32 Å². The second kappa shape index (κ2) is 8.13. The van der Waals surface area contributed by atoms with Crippen LogP contribution in [0.1, 0.15) is 37.9 Å². The van der Waals surface area contributed by atoms with Gasteiger partial charge in [0.1, 0.15) is 0 Å². The van der Waals surface area contributed by atoms with Crippen LogP contribution >= 0.6 is 11.6 Å². The Labute approximate surface area is 131 Å². The zero-order chi connectivity index (χ0) is 15.2. The second-order valence-corrected chi connectivity index (χ2v) is 5.97. The fourth-order valence-corrected chi connectivity index (χ4v) is 2.99. The third-order valence-corrected chi connectivity index (χ3v) is 4.23. The molecule has 1 heterocycles. The highest BCUT2D eigenvalue weighted by Crippen LogP contribution is 2.41. The summed E-state index contributed by atoms with van der Waals surface area (Å²) in [6.45, 7) is 4.41. The van der Waals surface area contributed by atoms with Crippen LogP contribution in [0.4, 0.5) is 0 Å². The molecule has 0 radical (unpaired) electrons. The largest absolute Gasteiger partial charge is 0.383 e. The summed E-state index contributed by atoms with van der Waals surface area (Å²) in [7, 11) is 3.48. The highest BCUT2D eigenvalue weighted by atomic mass is 35.5. The summed E-state index contributed by atoms with van der Waals surface area (Å²) in [4.78, 5) is 0. The standard InChI is InChI=1S/C15H26ClN3O2/c1-4-7-17-13(15(21-3)11-5-6-11)14-12(16)10-18-19(14)8-9-20-2/h10-11,13,15,17H,4-9H2,1-3H3. The number of methoxy groups -OCH3 is 2. The van der Waals surface area contributed by atoms with Crippen LogP contribution in [-0.4, -0.2) is 43.3 Å². The highest BCUT2D eigenvalue weighted by Gasteiger charge is 2.39. The maximum Gasteiger partial charge on any atom is 0.0835 e. The van der Waals surface area contributed by atoms with Gasteiger partial charge >= 0.3 is 0 Å². The number of ether oxygens (including phenoxy) is 2. The molecule has 2 atom stereocenters. The first kappa shape index (κ1) is 16.7. The minimum atomic E-state index is 0.0781. The van der Waals surface area contributed by atoms with E-state index < -0.39 is 0 Å². The number of aromatic nitrogens is 2. The molecule has 120 valence electrons. The van der Waals surface area contributed by atoms with Crippen LogP contribution in [0.5, 0.6) is 0 Å². The third kappa shape index (κ3) is 4.19. The van der Waals surface area contributed by atoms with Crippen LogP contribution in [0, 0.1) is 5.92 Å². The van der Waals surface area contributed by atoms with Gasteiger partial charge in [-0.25, -0.2) is 0 Å². The van der Waals surface area contributed by atoms with Crippen molar-refractivity contribution in [3.8, 4) is 0 Å². The van der Waals surface area contributed by atoms with Gasteiger partial charge in [-0.2, -0.15) is 5.10 Å². The zero-order valence-corrected chi connectivity index (χ0v) is 13.9. The summed E-state index contributed by atoms with van der Waals surface area (Å²) in [6, 6.07) is 0.0781. The van der Waals surface area contributed by atoms with Crippen molar-refractivity contribution >= 4 is 11.6 Å². The summed E-state index contributed by atoms with van der Waals surface area (Å²) in [5.74, 6) is 0.617. The minimum Gasteiger partial charge on any atom is -0.383 e. The van der Waals surface area contributed by atoms with Crippen LogP contribution in [0.15, 0.2) is 6.20 Å². The lowest BCUT2D eigenvalue weighted by Crippen LogP contribution is -2.37. The van der Waals surface area contributed by atoms with Gasteiger partial charge in [0.15, 0.2) is 0 Å². The van der Waals surface area contributed by atoms with Crippen molar-refractivity contribution in [3.05, 3.63) is 16.9 Å². The Morgan fingerprint density at radius 3 is 2.81 bits per heavy atom. The number of halogens is 1. The van der Waals surface area contributed by atoms with Gasteiger partial charge in [-0.15, -0.1) is 0 Å². The van der Waals surface area contributed by atoms with E-state index in [1.54, 1.807) is 20.4 Å². The van der Waals surface area contributed by atoms with E-state index >= 15 is 0 Å². The quantitative estimate of drug-likeness (QED) is 0.721. The van der Waals surface area contributed by atoms with Crippen LogP contribution in [-0.2, 0) is 16.0 Å². The van der Waals surface area contributed by atoms with Gasteiger partial charge in [0.05, 0.1) is 42.2 Å². The lowest BCUT2D eigenvalue weighted by molar-refractivity contribution is 0.0474. The van der Waals surface area contributed by atoms with E-state index in [-0.39, 0.29) is 12.1 Å². The maximum atomic E-state index is 6.40. The zero-order valence-electron chi connectivity index (χ0n) is 13.1. The molecule has 5 nitrogen and oxygen atoms in total. The van der Waals surface area contributed by atoms with Crippen molar-refractivity contribution in [3.63, 3.8) is 0 Å². The summed E-state index contributed by atoms with van der Waals surface area (Å²) in [5.41, 5.74) is 1.01. The summed E-state index contributed by atoms with van der Waals surface area (Å²) < 4.78 is 12.9. The first-order valence-electron chi connectivity index (χ1n) is 7.69. The molecule has 1 fully saturated rings. The van der Waals surface area contributed by atoms with E-state index in [4.69, 9.17) is 21.1 Å². The molecule has 1 aliphatic rings. The smallest absolute Gasteiger partial charge is 0.0835 e. The Kier molecular flexibility index (Phi) is 6.48. The number of rotatable bonds is 10. The van der Waals surface area contributed by atoms with E-state index in [9.17, 15) is 0 Å². The molecule has 1 aliphatic carbocycles. The van der Waals surface area contributed by atoms with Gasteiger partial charge in [0, 0.05) is 14.2 Å². The summed E-state index contributed by atoms with van der Waals surface area (Å²) in [6.07, 6.45) is 5.39. The van der Waals surface area contributed by atoms with Crippen molar-refractivity contribution < 1.29 is 9.47 Å². The molecule has 1 saturated carbocycles. The molecule has 1 aromatic heterocycles. The Morgan fingerprint density at radius 1 is 1.48 bits per heavy atom. The molecule has 0 amide bonds. The third-order valence-electron chi connectivity index (χ3n) is 3.94. The number of hydrogen-bond donors (Lipinski definition) is 1. The van der Waals surface area contributed by atoms with Gasteiger partial charge < -0.3 is 14.8 Å². The predicted molar refractivity (Wildman–Crippen MR) is 83.7 cm³/mol. The molecule has 0 bridgehead atoms. The average Bonchev–Trinajstić information content (AvgIpc) is 3.25. The molecule has 0 aromatic carbocycles. The molecule has 0 saturated heterocycles. The van der Waals surface area contributed by atoms with E-state index in [0.29, 0.717) is 24.1 Å². The molecule has 21 heavy (non-hydrogen) atoms. The van der Waals surface area contributed by atoms with Crippen molar-refractivity contribution in [2.45, 2.75) is 44.9 Å². The molecule has 0 aliphatic heterocycles. The highest BCUT2D eigenvalue weighted by molar-refractivity contribution is 6.31. The molecule has 0 spiro atoms. The molecule has 1 aromatic rings. The first-order chi connectivity index (χ1) is 10.2. The molecule has 1 N–H and O–H groups in total. The molecule has 6 heteroatoms. The summed E-state index contributed by atoms with van der Waals surface area (Å²) in [5, 5.41) is 8.68. The van der Waals surface area contributed by atoms with E-state index in [2.05, 4.69) is 17.3 Å². The van der Waals surface area contributed by atoms with Crippen molar-refractivity contribution in [2.24, 2.45) is 5.92 Å². The second-order valence-electron chi connectivity index (χ2n) is 5.56. The fourth-order valence-electron chi connectivity index (χ4n) is 2.73. The average molecular weight is 316 g/mol. The van der Waals surface area contributed by atoms with Crippen LogP contribution in [0.25, 0.3) is 0 Å². The topological polar surface area (TPSA) is 48.3 Å². The van der Waals surface area contributed by atoms with Crippen molar-refractivity contribution in [1.29, 1.82) is 0 Å². The van der Waals surface area contributed by atoms with E-state index in [1.807, 2.05) is 4.68 Å². The van der Waals surface area contributed by atoms with Crippen LogP contribution in [0.2, 0.25) is 5.02 Å². The van der Waals surface area contributed by atoms with Gasteiger partial charge in [0.2, 0.25) is 0 Å². The molecule has 2 unspecified atom stereocenters. The minimum absolute atomic E-state index is 0.0781. The van der Waals surface area contributed by atoms with Crippen molar-refractivity contribution in [2.75, 3.05) is 27.4 Å². The Bertz CT molecular complexity index is 435. The van der Waals surface area contributed by atoms with Gasteiger partial charge in [-0.1, -0.05) is 18.5 Å².